The number of aromatic carboxylic acids is 1. The topological polar surface area (TPSA) is 55.1 Å². The van der Waals surface area contributed by atoms with Crippen LogP contribution < -0.4 is 0 Å². The van der Waals surface area contributed by atoms with Crippen LogP contribution in [0.15, 0.2) is 42.7 Å². The maximum Gasteiger partial charge on any atom is 0.337 e. The molecule has 0 unspecified atom stereocenters. The Morgan fingerprint density at radius 2 is 2.10 bits per heavy atom. The molecule has 0 aliphatic heterocycles. The number of aromatic nitrogens is 2. The molecule has 0 saturated carbocycles. The Hall–Kier alpha value is -2.40. The minimum Gasteiger partial charge on any atom is -0.478 e. The first-order chi connectivity index (χ1) is 9.58. The Morgan fingerprint density at radius 1 is 1.30 bits per heavy atom. The van der Waals surface area contributed by atoms with Crippen LogP contribution in [0.3, 0.4) is 0 Å². The van der Waals surface area contributed by atoms with Crippen LogP contribution in [-0.2, 0) is 0 Å². The Labute approximate surface area is 118 Å². The first-order valence-corrected chi connectivity index (χ1v) is 6.10. The molecule has 100 valence electrons. The van der Waals surface area contributed by atoms with Crippen LogP contribution in [0.4, 0.5) is 4.39 Å². The third-order valence-electron chi connectivity index (χ3n) is 2.97. The van der Waals surface area contributed by atoms with E-state index in [2.05, 4.69) is 4.98 Å². The number of rotatable bonds is 2. The zero-order valence-electron chi connectivity index (χ0n) is 10.0. The van der Waals surface area contributed by atoms with E-state index >= 15 is 0 Å². The lowest BCUT2D eigenvalue weighted by Crippen LogP contribution is -2.02. The summed E-state index contributed by atoms with van der Waals surface area (Å²) in [5, 5.41) is 9.56. The molecule has 3 aromatic rings. The molecule has 2 aromatic carbocycles. The van der Waals surface area contributed by atoms with E-state index in [1.54, 1.807) is 12.1 Å². The number of para-hydroxylation sites is 1. The normalized spacial score (nSPS) is 10.9. The Balaban J connectivity index is 2.37. The first kappa shape index (κ1) is 12.6. The lowest BCUT2D eigenvalue weighted by Gasteiger charge is -2.08. The van der Waals surface area contributed by atoms with Crippen LogP contribution in [0.25, 0.3) is 16.7 Å². The van der Waals surface area contributed by atoms with E-state index in [0.717, 1.165) is 0 Å². The number of carboxylic acid groups (broad SMARTS) is 1. The van der Waals surface area contributed by atoms with E-state index < -0.39 is 11.8 Å². The fraction of sp³-hybridized carbons (Fsp3) is 0. The van der Waals surface area contributed by atoms with Gasteiger partial charge in [-0.2, -0.15) is 0 Å². The minimum atomic E-state index is -1.08. The summed E-state index contributed by atoms with van der Waals surface area (Å²) in [6.45, 7) is 0. The number of imidazole rings is 1. The highest BCUT2D eigenvalue weighted by molar-refractivity contribution is 6.32. The van der Waals surface area contributed by atoms with Crippen molar-refractivity contribution in [2.75, 3.05) is 0 Å². The molecule has 0 saturated heterocycles. The van der Waals surface area contributed by atoms with Crippen molar-refractivity contribution in [3.8, 4) is 5.69 Å². The molecular formula is C14H8ClFN2O2. The van der Waals surface area contributed by atoms with Crippen LogP contribution in [0.2, 0.25) is 5.02 Å². The summed E-state index contributed by atoms with van der Waals surface area (Å²) < 4.78 is 14.9. The molecule has 4 nitrogen and oxygen atoms in total. The molecule has 6 heteroatoms. The summed E-state index contributed by atoms with van der Waals surface area (Å²) in [5.41, 5.74) is 1.32. The van der Waals surface area contributed by atoms with Gasteiger partial charge < -0.3 is 5.11 Å². The monoisotopic (exact) mass is 290 g/mol. The SMILES string of the molecule is O=C(O)c1cccc2ncn(-c3cc(F)ccc3Cl)c12. The first-order valence-electron chi connectivity index (χ1n) is 5.72. The standard InChI is InChI=1S/C14H8ClFN2O2/c15-10-5-4-8(16)6-12(10)18-7-17-11-3-1-2-9(13(11)18)14(19)20/h1-7H,(H,19,20). The molecule has 1 N–H and O–H groups in total. The van der Waals surface area contributed by atoms with Crippen molar-refractivity contribution in [1.82, 2.24) is 9.55 Å². The Morgan fingerprint density at radius 3 is 2.85 bits per heavy atom. The highest BCUT2D eigenvalue weighted by atomic mass is 35.5. The van der Waals surface area contributed by atoms with Gasteiger partial charge in [-0.1, -0.05) is 17.7 Å². The number of hydrogen-bond acceptors (Lipinski definition) is 2. The van der Waals surface area contributed by atoms with Gasteiger partial charge in [-0.3, -0.25) is 4.57 Å². The molecule has 1 aromatic heterocycles. The number of fused-ring (bicyclic) bond motifs is 1. The molecule has 0 aliphatic carbocycles. The van der Waals surface area contributed by atoms with Gasteiger partial charge in [0.05, 0.1) is 27.3 Å². The van der Waals surface area contributed by atoms with Crippen LogP contribution in [0.1, 0.15) is 10.4 Å². The van der Waals surface area contributed by atoms with Crippen molar-refractivity contribution in [2.24, 2.45) is 0 Å². The summed E-state index contributed by atoms with van der Waals surface area (Å²) in [5.74, 6) is -1.54. The molecule has 0 fully saturated rings. The number of hydrogen-bond donors (Lipinski definition) is 1. The zero-order valence-corrected chi connectivity index (χ0v) is 10.8. The second-order valence-electron chi connectivity index (χ2n) is 4.19. The average Bonchev–Trinajstić information content (AvgIpc) is 2.85. The highest BCUT2D eigenvalue weighted by Crippen LogP contribution is 2.27. The molecule has 0 bridgehead atoms. The smallest absolute Gasteiger partial charge is 0.337 e. The average molecular weight is 291 g/mol. The molecule has 0 spiro atoms. The van der Waals surface area contributed by atoms with Crippen LogP contribution >= 0.6 is 11.6 Å². The molecule has 1 heterocycles. The van der Waals surface area contributed by atoms with E-state index in [0.29, 0.717) is 21.7 Å². The van der Waals surface area contributed by atoms with Crippen LogP contribution in [0.5, 0.6) is 0 Å². The summed E-state index contributed by atoms with van der Waals surface area (Å²) >= 11 is 6.06. The van der Waals surface area contributed by atoms with Crippen molar-refractivity contribution >= 4 is 28.6 Å². The predicted octanol–water partition coefficient (Wildman–Crippen LogP) is 3.52. The van der Waals surface area contributed by atoms with Crippen molar-refractivity contribution in [3.63, 3.8) is 0 Å². The molecule has 0 atom stereocenters. The molecule has 3 rings (SSSR count). The van der Waals surface area contributed by atoms with Gasteiger partial charge in [0, 0.05) is 0 Å². The fourth-order valence-electron chi connectivity index (χ4n) is 2.09. The van der Waals surface area contributed by atoms with Crippen LogP contribution in [-0.4, -0.2) is 20.6 Å². The van der Waals surface area contributed by atoms with Gasteiger partial charge in [0.15, 0.2) is 0 Å². The van der Waals surface area contributed by atoms with Crippen molar-refractivity contribution in [3.05, 3.63) is 59.1 Å². The zero-order chi connectivity index (χ0) is 14.3. The van der Waals surface area contributed by atoms with Gasteiger partial charge in [0.2, 0.25) is 0 Å². The van der Waals surface area contributed by atoms with Gasteiger partial charge in [0.25, 0.3) is 0 Å². The predicted molar refractivity (Wildman–Crippen MR) is 73.0 cm³/mol. The largest absolute Gasteiger partial charge is 0.478 e. The molecule has 0 amide bonds. The van der Waals surface area contributed by atoms with E-state index in [1.165, 1.54) is 35.2 Å². The molecule has 0 aliphatic rings. The molecule has 20 heavy (non-hydrogen) atoms. The second-order valence-corrected chi connectivity index (χ2v) is 4.60. The van der Waals surface area contributed by atoms with E-state index in [9.17, 15) is 14.3 Å². The van der Waals surface area contributed by atoms with E-state index in [4.69, 9.17) is 11.6 Å². The van der Waals surface area contributed by atoms with Gasteiger partial charge in [0.1, 0.15) is 12.1 Å². The third kappa shape index (κ3) is 1.92. The van der Waals surface area contributed by atoms with Gasteiger partial charge in [-0.15, -0.1) is 0 Å². The summed E-state index contributed by atoms with van der Waals surface area (Å²) in [6.07, 6.45) is 1.43. The van der Waals surface area contributed by atoms with Crippen molar-refractivity contribution in [2.45, 2.75) is 0 Å². The van der Waals surface area contributed by atoms with Crippen molar-refractivity contribution < 1.29 is 14.3 Å². The summed E-state index contributed by atoms with van der Waals surface area (Å²) in [7, 11) is 0. The summed E-state index contributed by atoms with van der Waals surface area (Å²) in [6, 6.07) is 8.66. The van der Waals surface area contributed by atoms with Gasteiger partial charge in [-0.25, -0.2) is 14.2 Å². The van der Waals surface area contributed by atoms with Gasteiger partial charge >= 0.3 is 5.97 Å². The second kappa shape index (κ2) is 4.61. The number of benzene rings is 2. The Kier molecular flexibility index (Phi) is 2.91. The maximum absolute atomic E-state index is 13.4. The lowest BCUT2D eigenvalue weighted by atomic mass is 10.1. The third-order valence-corrected chi connectivity index (χ3v) is 3.29. The lowest BCUT2D eigenvalue weighted by molar-refractivity contribution is 0.0698. The number of halogens is 2. The summed E-state index contributed by atoms with van der Waals surface area (Å²) in [4.78, 5) is 15.4. The maximum atomic E-state index is 13.4. The number of nitrogens with zero attached hydrogens (tertiary/aromatic N) is 2. The van der Waals surface area contributed by atoms with E-state index in [-0.39, 0.29) is 5.56 Å². The molecule has 0 radical (unpaired) electrons. The fourth-order valence-corrected chi connectivity index (χ4v) is 2.30. The highest BCUT2D eigenvalue weighted by Gasteiger charge is 2.15. The number of carbonyl (C=O) groups is 1. The minimum absolute atomic E-state index is 0.0836. The van der Waals surface area contributed by atoms with Crippen molar-refractivity contribution in [1.29, 1.82) is 0 Å². The molecular weight excluding hydrogens is 283 g/mol. The number of carboxylic acids is 1. The van der Waals surface area contributed by atoms with E-state index in [1.807, 2.05) is 0 Å². The van der Waals surface area contributed by atoms with Gasteiger partial charge in [-0.05, 0) is 30.3 Å². The Bertz CT molecular complexity index is 829. The van der Waals surface area contributed by atoms with Crippen LogP contribution in [0, 0.1) is 5.82 Å². The quantitative estimate of drug-likeness (QED) is 0.785.